The summed E-state index contributed by atoms with van der Waals surface area (Å²) in [6, 6.07) is 10.9. The zero-order valence-electron chi connectivity index (χ0n) is 14.6. The number of rotatable bonds is 6. The van der Waals surface area contributed by atoms with Gasteiger partial charge in [-0.2, -0.15) is 0 Å². The molecule has 0 radical (unpaired) electrons. The first kappa shape index (κ1) is 18.8. The van der Waals surface area contributed by atoms with Crippen molar-refractivity contribution in [3.63, 3.8) is 0 Å². The fourth-order valence-corrected chi connectivity index (χ4v) is 2.43. The lowest BCUT2D eigenvalue weighted by molar-refractivity contribution is -0.116. The minimum Gasteiger partial charge on any atom is -0.376 e. The van der Waals surface area contributed by atoms with E-state index < -0.39 is 0 Å². The van der Waals surface area contributed by atoms with E-state index >= 15 is 0 Å². The summed E-state index contributed by atoms with van der Waals surface area (Å²) in [7, 11) is 0. The summed E-state index contributed by atoms with van der Waals surface area (Å²) in [6.07, 6.45) is 0.415. The van der Waals surface area contributed by atoms with Crippen molar-refractivity contribution < 1.29 is 9.59 Å². The maximum atomic E-state index is 12.2. The highest BCUT2D eigenvalue weighted by Gasteiger charge is 2.08. The van der Waals surface area contributed by atoms with Crippen LogP contribution in [-0.4, -0.2) is 18.4 Å². The van der Waals surface area contributed by atoms with E-state index in [1.165, 1.54) is 0 Å². The van der Waals surface area contributed by atoms with Crippen molar-refractivity contribution in [3.05, 3.63) is 52.5 Å². The number of anilines is 3. The van der Waals surface area contributed by atoms with Gasteiger partial charge in [-0.05, 0) is 49.2 Å². The van der Waals surface area contributed by atoms with Crippen LogP contribution < -0.4 is 16.0 Å². The number of carbonyl (C=O) groups is 2. The summed E-state index contributed by atoms with van der Waals surface area (Å²) < 4.78 is 0. The van der Waals surface area contributed by atoms with Gasteiger partial charge in [0.25, 0.3) is 0 Å². The molecule has 2 amide bonds. The number of hydrogen-bond acceptors (Lipinski definition) is 3. The Bertz CT molecular complexity index is 790. The highest BCUT2D eigenvalue weighted by molar-refractivity contribution is 6.31. The third-order valence-corrected chi connectivity index (χ3v) is 4.23. The van der Waals surface area contributed by atoms with Crippen molar-refractivity contribution in [2.45, 2.75) is 27.2 Å². The molecule has 2 aromatic rings. The Balaban J connectivity index is 2.00. The van der Waals surface area contributed by atoms with Gasteiger partial charge in [-0.1, -0.05) is 30.7 Å². The Morgan fingerprint density at radius 3 is 2.48 bits per heavy atom. The molecule has 132 valence electrons. The van der Waals surface area contributed by atoms with Gasteiger partial charge in [-0.3, -0.25) is 9.59 Å². The lowest BCUT2D eigenvalue weighted by Gasteiger charge is -2.13. The average molecular weight is 360 g/mol. The molecule has 0 aromatic heterocycles. The Hall–Kier alpha value is -2.53. The molecular formula is C19H22ClN3O2. The number of carbonyl (C=O) groups excluding carboxylic acids is 2. The number of halogens is 1. The van der Waals surface area contributed by atoms with Gasteiger partial charge in [0, 0.05) is 28.5 Å². The van der Waals surface area contributed by atoms with E-state index in [2.05, 4.69) is 16.0 Å². The van der Waals surface area contributed by atoms with E-state index in [0.29, 0.717) is 22.8 Å². The summed E-state index contributed by atoms with van der Waals surface area (Å²) in [5.41, 5.74) is 4.01. The molecule has 0 atom stereocenters. The highest BCUT2D eigenvalue weighted by atomic mass is 35.5. The average Bonchev–Trinajstić information content (AvgIpc) is 2.59. The minimum atomic E-state index is -0.173. The summed E-state index contributed by atoms with van der Waals surface area (Å²) in [6.45, 7) is 5.70. The molecule has 0 bridgehead atoms. The molecule has 0 unspecified atom stereocenters. The summed E-state index contributed by atoms with van der Waals surface area (Å²) >= 11 is 6.06. The van der Waals surface area contributed by atoms with Crippen molar-refractivity contribution in [2.75, 3.05) is 22.5 Å². The maximum Gasteiger partial charge on any atom is 0.243 e. The number of benzene rings is 2. The van der Waals surface area contributed by atoms with Gasteiger partial charge < -0.3 is 16.0 Å². The SMILES string of the molecule is CCC(=O)Nc1ccc(C)c(NCC(=O)Nc2cccc(Cl)c2C)c1. The topological polar surface area (TPSA) is 70.2 Å². The van der Waals surface area contributed by atoms with Crippen LogP contribution in [0.4, 0.5) is 17.1 Å². The molecule has 0 fully saturated rings. The summed E-state index contributed by atoms with van der Waals surface area (Å²) in [4.78, 5) is 23.7. The van der Waals surface area contributed by atoms with Gasteiger partial charge >= 0.3 is 0 Å². The van der Waals surface area contributed by atoms with Gasteiger partial charge in [0.05, 0.1) is 6.54 Å². The zero-order chi connectivity index (χ0) is 18.4. The van der Waals surface area contributed by atoms with Crippen LogP contribution in [0.25, 0.3) is 0 Å². The number of hydrogen-bond donors (Lipinski definition) is 3. The molecular weight excluding hydrogens is 338 g/mol. The van der Waals surface area contributed by atoms with Gasteiger partial charge in [-0.25, -0.2) is 0 Å². The zero-order valence-corrected chi connectivity index (χ0v) is 15.3. The largest absolute Gasteiger partial charge is 0.376 e. The first-order valence-electron chi connectivity index (χ1n) is 8.10. The molecule has 0 saturated heterocycles. The molecule has 0 aliphatic carbocycles. The van der Waals surface area contributed by atoms with Gasteiger partial charge in [0.1, 0.15) is 0 Å². The molecule has 25 heavy (non-hydrogen) atoms. The van der Waals surface area contributed by atoms with Crippen LogP contribution >= 0.6 is 11.6 Å². The standard InChI is InChI=1S/C19H22ClN3O2/c1-4-18(24)22-14-9-8-12(2)17(10-14)21-11-19(25)23-16-7-5-6-15(20)13(16)3/h5-10,21H,4,11H2,1-3H3,(H,22,24)(H,23,25). The third kappa shape index (κ3) is 5.22. The van der Waals surface area contributed by atoms with Crippen LogP contribution in [0.15, 0.2) is 36.4 Å². The molecule has 2 rings (SSSR count). The second kappa shape index (κ2) is 8.53. The summed E-state index contributed by atoms with van der Waals surface area (Å²) in [5.74, 6) is -0.225. The van der Waals surface area contributed by atoms with Crippen LogP contribution in [0, 0.1) is 13.8 Å². The normalized spacial score (nSPS) is 10.2. The van der Waals surface area contributed by atoms with E-state index in [1.54, 1.807) is 19.1 Å². The number of aryl methyl sites for hydroxylation is 1. The van der Waals surface area contributed by atoms with Gasteiger partial charge in [-0.15, -0.1) is 0 Å². The van der Waals surface area contributed by atoms with Crippen LogP contribution in [-0.2, 0) is 9.59 Å². The Morgan fingerprint density at radius 2 is 1.76 bits per heavy atom. The van der Waals surface area contributed by atoms with Crippen LogP contribution in [0.5, 0.6) is 0 Å². The molecule has 6 heteroatoms. The third-order valence-electron chi connectivity index (χ3n) is 3.82. The smallest absolute Gasteiger partial charge is 0.243 e. The van der Waals surface area contributed by atoms with Crippen LogP contribution in [0.1, 0.15) is 24.5 Å². The fraction of sp³-hybridized carbons (Fsp3) is 0.263. The first-order chi connectivity index (χ1) is 11.9. The minimum absolute atomic E-state index is 0.0519. The molecule has 5 nitrogen and oxygen atoms in total. The number of nitrogens with one attached hydrogen (secondary N) is 3. The van der Waals surface area contributed by atoms with Crippen molar-refractivity contribution >= 4 is 40.5 Å². The van der Waals surface area contributed by atoms with Crippen molar-refractivity contribution in [2.24, 2.45) is 0 Å². The Kier molecular flexibility index (Phi) is 6.42. The monoisotopic (exact) mass is 359 g/mol. The van der Waals surface area contributed by atoms with Gasteiger partial charge in [0.2, 0.25) is 11.8 Å². The van der Waals surface area contributed by atoms with Crippen molar-refractivity contribution in [3.8, 4) is 0 Å². The van der Waals surface area contributed by atoms with E-state index in [-0.39, 0.29) is 18.4 Å². The fourth-order valence-electron chi connectivity index (χ4n) is 2.25. The van der Waals surface area contributed by atoms with Gasteiger partial charge in [0.15, 0.2) is 0 Å². The molecule has 2 aromatic carbocycles. The molecule has 3 N–H and O–H groups in total. The quantitative estimate of drug-likeness (QED) is 0.717. The second-order valence-electron chi connectivity index (χ2n) is 5.75. The Labute approximate surface area is 152 Å². The molecule has 0 spiro atoms. The first-order valence-corrected chi connectivity index (χ1v) is 8.48. The Morgan fingerprint density at radius 1 is 1.00 bits per heavy atom. The van der Waals surface area contributed by atoms with Crippen LogP contribution in [0.3, 0.4) is 0 Å². The van der Waals surface area contributed by atoms with E-state index in [9.17, 15) is 9.59 Å². The van der Waals surface area contributed by atoms with E-state index in [0.717, 1.165) is 16.8 Å². The lowest BCUT2D eigenvalue weighted by Crippen LogP contribution is -2.22. The van der Waals surface area contributed by atoms with Crippen molar-refractivity contribution in [1.82, 2.24) is 0 Å². The van der Waals surface area contributed by atoms with E-state index in [1.807, 2.05) is 38.1 Å². The lowest BCUT2D eigenvalue weighted by atomic mass is 10.1. The predicted molar refractivity (Wildman–Crippen MR) is 103 cm³/mol. The van der Waals surface area contributed by atoms with Crippen LogP contribution in [0.2, 0.25) is 5.02 Å². The molecule has 0 heterocycles. The van der Waals surface area contributed by atoms with Crippen molar-refractivity contribution in [1.29, 1.82) is 0 Å². The number of amides is 2. The molecule has 0 saturated carbocycles. The second-order valence-corrected chi connectivity index (χ2v) is 6.15. The maximum absolute atomic E-state index is 12.2. The molecule has 0 aliphatic rings. The predicted octanol–water partition coefficient (Wildman–Crippen LogP) is 4.36. The highest BCUT2D eigenvalue weighted by Crippen LogP contribution is 2.23. The van der Waals surface area contributed by atoms with E-state index in [4.69, 9.17) is 11.6 Å². The molecule has 0 aliphatic heterocycles. The summed E-state index contributed by atoms with van der Waals surface area (Å²) in [5, 5.41) is 9.36.